The molecule has 3 rings (SSSR count). The molecular formula is C18H23N3O4. The summed E-state index contributed by atoms with van der Waals surface area (Å²) in [4.78, 5) is 11.9. The maximum atomic E-state index is 11.9. The molecule has 134 valence electrons. The molecule has 1 aromatic heterocycles. The minimum absolute atomic E-state index is 0.0959. The third-order valence-electron chi connectivity index (χ3n) is 4.03. The Morgan fingerprint density at radius 2 is 2.36 bits per heavy atom. The number of rotatable bonds is 8. The number of carbonyl (C=O) groups excluding carboxylic acids is 1. The Balaban J connectivity index is 1.52. The van der Waals surface area contributed by atoms with Gasteiger partial charge in [-0.1, -0.05) is 6.07 Å². The Bertz CT molecular complexity index is 682. The van der Waals surface area contributed by atoms with Crippen LogP contribution in [0.5, 0.6) is 11.5 Å². The van der Waals surface area contributed by atoms with Gasteiger partial charge >= 0.3 is 0 Å². The number of carbonyl (C=O) groups is 1. The molecule has 2 aromatic rings. The highest BCUT2D eigenvalue weighted by molar-refractivity contribution is 5.75. The van der Waals surface area contributed by atoms with Gasteiger partial charge in [-0.25, -0.2) is 0 Å². The van der Waals surface area contributed by atoms with Gasteiger partial charge in [0.2, 0.25) is 5.91 Å². The molecule has 0 aliphatic carbocycles. The van der Waals surface area contributed by atoms with Crippen molar-refractivity contribution in [2.24, 2.45) is 0 Å². The summed E-state index contributed by atoms with van der Waals surface area (Å²) in [6.45, 7) is 1.95. The van der Waals surface area contributed by atoms with Crippen LogP contribution in [0.3, 0.4) is 0 Å². The first kappa shape index (κ1) is 17.3. The van der Waals surface area contributed by atoms with Gasteiger partial charge in [0.25, 0.3) is 0 Å². The highest BCUT2D eigenvalue weighted by Gasteiger charge is 2.17. The number of aromatic nitrogens is 2. The van der Waals surface area contributed by atoms with E-state index in [2.05, 4.69) is 10.4 Å². The summed E-state index contributed by atoms with van der Waals surface area (Å²) < 4.78 is 18.4. The molecule has 0 radical (unpaired) electrons. The van der Waals surface area contributed by atoms with Crippen molar-refractivity contribution >= 4 is 5.91 Å². The second-order valence-electron chi connectivity index (χ2n) is 5.91. The van der Waals surface area contributed by atoms with Crippen molar-refractivity contribution in [3.63, 3.8) is 0 Å². The summed E-state index contributed by atoms with van der Waals surface area (Å²) in [6, 6.07) is 7.44. The summed E-state index contributed by atoms with van der Waals surface area (Å²) in [5.41, 5.74) is 0.940. The largest absolute Gasteiger partial charge is 0.493 e. The zero-order valence-corrected chi connectivity index (χ0v) is 14.3. The number of nitrogens with zero attached hydrogens (tertiary/aromatic N) is 2. The molecule has 1 amide bonds. The van der Waals surface area contributed by atoms with Gasteiger partial charge in [0.15, 0.2) is 11.5 Å². The fraction of sp³-hybridized carbons (Fsp3) is 0.444. The molecule has 25 heavy (non-hydrogen) atoms. The van der Waals surface area contributed by atoms with Crippen LogP contribution in [0.4, 0.5) is 0 Å². The number of hydrogen-bond donors (Lipinski definition) is 1. The average Bonchev–Trinajstić information content (AvgIpc) is 3.32. The minimum atomic E-state index is -0.0959. The zero-order valence-electron chi connectivity index (χ0n) is 14.3. The summed E-state index contributed by atoms with van der Waals surface area (Å²) in [6.07, 6.45) is 5.67. The predicted molar refractivity (Wildman–Crippen MR) is 91.5 cm³/mol. The van der Waals surface area contributed by atoms with E-state index in [1.807, 2.05) is 18.2 Å². The van der Waals surface area contributed by atoms with Crippen LogP contribution < -0.4 is 14.8 Å². The Labute approximate surface area is 146 Å². The second-order valence-corrected chi connectivity index (χ2v) is 5.91. The van der Waals surface area contributed by atoms with Crippen molar-refractivity contribution in [1.29, 1.82) is 0 Å². The van der Waals surface area contributed by atoms with E-state index in [0.717, 1.165) is 25.0 Å². The topological polar surface area (TPSA) is 74.6 Å². The van der Waals surface area contributed by atoms with Gasteiger partial charge in [0.05, 0.1) is 13.2 Å². The maximum Gasteiger partial charge on any atom is 0.241 e. The second kappa shape index (κ2) is 8.53. The molecule has 1 fully saturated rings. The maximum absolute atomic E-state index is 11.9. The zero-order chi connectivity index (χ0) is 17.5. The predicted octanol–water partition coefficient (Wildman–Crippen LogP) is 1.77. The van der Waals surface area contributed by atoms with Gasteiger partial charge in [-0.15, -0.1) is 0 Å². The molecule has 1 saturated heterocycles. The number of methoxy groups -OCH3 is 1. The molecule has 1 aromatic carbocycles. The van der Waals surface area contributed by atoms with Crippen molar-refractivity contribution in [3.8, 4) is 11.5 Å². The molecule has 1 aliphatic heterocycles. The van der Waals surface area contributed by atoms with Crippen molar-refractivity contribution in [2.75, 3.05) is 20.3 Å². The first-order chi connectivity index (χ1) is 12.2. The first-order valence-corrected chi connectivity index (χ1v) is 8.40. The lowest BCUT2D eigenvalue weighted by molar-refractivity contribution is -0.122. The molecule has 2 heterocycles. The smallest absolute Gasteiger partial charge is 0.241 e. The van der Waals surface area contributed by atoms with Gasteiger partial charge < -0.3 is 19.5 Å². The number of ether oxygens (including phenoxy) is 3. The van der Waals surface area contributed by atoms with Crippen LogP contribution in [0.15, 0.2) is 36.7 Å². The van der Waals surface area contributed by atoms with Gasteiger partial charge in [0.1, 0.15) is 13.2 Å². The van der Waals surface area contributed by atoms with E-state index >= 15 is 0 Å². The van der Waals surface area contributed by atoms with Crippen LogP contribution in [-0.2, 0) is 22.6 Å². The summed E-state index contributed by atoms with van der Waals surface area (Å²) in [5.74, 6) is 1.24. The van der Waals surface area contributed by atoms with E-state index in [-0.39, 0.29) is 18.6 Å². The first-order valence-electron chi connectivity index (χ1n) is 8.40. The van der Waals surface area contributed by atoms with Crippen LogP contribution in [0.1, 0.15) is 18.4 Å². The summed E-state index contributed by atoms with van der Waals surface area (Å²) >= 11 is 0. The van der Waals surface area contributed by atoms with Gasteiger partial charge in [-0.3, -0.25) is 9.48 Å². The average molecular weight is 345 g/mol. The standard InChI is InChI=1S/C18H23N3O4/c1-23-17-10-14(11-19-18(22)12-21-8-3-7-20-21)5-6-16(17)25-13-15-4-2-9-24-15/h3,5-8,10,15H,2,4,9,11-13H2,1H3,(H,19,22). The van der Waals surface area contributed by atoms with Crippen LogP contribution in [0, 0.1) is 0 Å². The lowest BCUT2D eigenvalue weighted by atomic mass is 10.2. The van der Waals surface area contributed by atoms with Crippen molar-refractivity contribution in [2.45, 2.75) is 32.0 Å². The number of amides is 1. The van der Waals surface area contributed by atoms with E-state index in [1.165, 1.54) is 0 Å². The van der Waals surface area contributed by atoms with Crippen LogP contribution in [-0.4, -0.2) is 42.1 Å². The minimum Gasteiger partial charge on any atom is -0.493 e. The van der Waals surface area contributed by atoms with E-state index in [4.69, 9.17) is 14.2 Å². The molecule has 7 nitrogen and oxygen atoms in total. The Morgan fingerprint density at radius 1 is 1.44 bits per heavy atom. The van der Waals surface area contributed by atoms with Crippen molar-refractivity contribution in [3.05, 3.63) is 42.2 Å². The van der Waals surface area contributed by atoms with Crippen LogP contribution >= 0.6 is 0 Å². The molecule has 1 aliphatic rings. The van der Waals surface area contributed by atoms with Crippen LogP contribution in [0.25, 0.3) is 0 Å². The molecule has 1 unspecified atom stereocenters. The molecule has 0 bridgehead atoms. The number of nitrogens with one attached hydrogen (secondary N) is 1. The molecule has 1 atom stereocenters. The Hall–Kier alpha value is -2.54. The van der Waals surface area contributed by atoms with E-state index in [9.17, 15) is 4.79 Å². The van der Waals surface area contributed by atoms with Gasteiger partial charge in [-0.2, -0.15) is 5.10 Å². The number of benzene rings is 1. The molecule has 1 N–H and O–H groups in total. The SMILES string of the molecule is COc1cc(CNC(=O)Cn2cccn2)ccc1OCC1CCCO1. The Kier molecular flexibility index (Phi) is 5.90. The molecule has 0 spiro atoms. The highest BCUT2D eigenvalue weighted by Crippen LogP contribution is 2.29. The van der Waals surface area contributed by atoms with Crippen molar-refractivity contribution in [1.82, 2.24) is 15.1 Å². The highest BCUT2D eigenvalue weighted by atomic mass is 16.5. The monoisotopic (exact) mass is 345 g/mol. The fourth-order valence-electron chi connectivity index (χ4n) is 2.70. The fourth-order valence-corrected chi connectivity index (χ4v) is 2.70. The lowest BCUT2D eigenvalue weighted by Gasteiger charge is -2.15. The lowest BCUT2D eigenvalue weighted by Crippen LogP contribution is -2.27. The quantitative estimate of drug-likeness (QED) is 0.789. The van der Waals surface area contributed by atoms with E-state index < -0.39 is 0 Å². The van der Waals surface area contributed by atoms with Crippen LogP contribution in [0.2, 0.25) is 0 Å². The molecule has 7 heteroatoms. The van der Waals surface area contributed by atoms with Gasteiger partial charge in [-0.05, 0) is 36.6 Å². The Morgan fingerprint density at radius 3 is 3.08 bits per heavy atom. The van der Waals surface area contributed by atoms with Crippen molar-refractivity contribution < 1.29 is 19.0 Å². The van der Waals surface area contributed by atoms with E-state index in [1.54, 1.807) is 30.3 Å². The van der Waals surface area contributed by atoms with Gasteiger partial charge in [0, 0.05) is 25.5 Å². The third kappa shape index (κ3) is 4.96. The summed E-state index contributed by atoms with van der Waals surface area (Å²) in [7, 11) is 1.61. The molecular weight excluding hydrogens is 322 g/mol. The van der Waals surface area contributed by atoms with E-state index in [0.29, 0.717) is 24.7 Å². The number of hydrogen-bond acceptors (Lipinski definition) is 5. The molecule has 0 saturated carbocycles. The normalized spacial score (nSPS) is 16.6. The summed E-state index contributed by atoms with van der Waals surface area (Å²) in [5, 5.41) is 6.88. The third-order valence-corrected chi connectivity index (χ3v) is 4.03.